The summed E-state index contributed by atoms with van der Waals surface area (Å²) in [5.74, 6) is 0.257. The molecule has 3 heterocycles. The van der Waals surface area contributed by atoms with Crippen LogP contribution in [0.1, 0.15) is 30.1 Å². The van der Waals surface area contributed by atoms with Crippen molar-refractivity contribution in [2.45, 2.75) is 25.9 Å². The first-order chi connectivity index (χ1) is 11.2. The Kier molecular flexibility index (Phi) is 4.76. The lowest BCUT2D eigenvalue weighted by Crippen LogP contribution is -2.49. The standard InChI is InChI=1S/C16H23N5O2/c1-2-12-10-13(23-19-12)11-20-6-8-21(9-7-20)16-14(15(17)22)4-3-5-18-16/h3-5,13H,2,6-11H2,1H3,(H2,17,22)/t13-/m0/s1. The Morgan fingerprint density at radius 3 is 2.83 bits per heavy atom. The molecule has 2 aliphatic rings. The molecule has 124 valence electrons. The summed E-state index contributed by atoms with van der Waals surface area (Å²) in [5, 5.41) is 4.11. The van der Waals surface area contributed by atoms with Crippen molar-refractivity contribution in [3.63, 3.8) is 0 Å². The van der Waals surface area contributed by atoms with Gasteiger partial charge in [-0.2, -0.15) is 0 Å². The van der Waals surface area contributed by atoms with Crippen molar-refractivity contribution in [1.82, 2.24) is 9.88 Å². The van der Waals surface area contributed by atoms with E-state index in [1.165, 1.54) is 0 Å². The maximum atomic E-state index is 11.5. The third-order valence-electron chi connectivity index (χ3n) is 4.39. The van der Waals surface area contributed by atoms with Gasteiger partial charge in [0.1, 0.15) is 11.9 Å². The highest BCUT2D eigenvalue weighted by molar-refractivity contribution is 5.97. The number of carbonyl (C=O) groups excluding carboxylic acids is 1. The summed E-state index contributed by atoms with van der Waals surface area (Å²) in [4.78, 5) is 25.9. The maximum absolute atomic E-state index is 11.5. The minimum absolute atomic E-state index is 0.174. The number of hydrogen-bond acceptors (Lipinski definition) is 6. The number of nitrogens with two attached hydrogens (primary N) is 1. The zero-order valence-electron chi connectivity index (χ0n) is 13.4. The van der Waals surface area contributed by atoms with Gasteiger partial charge in [-0.3, -0.25) is 9.69 Å². The molecule has 23 heavy (non-hydrogen) atoms. The molecule has 0 bridgehead atoms. The number of hydrogen-bond donors (Lipinski definition) is 1. The number of amides is 1. The number of rotatable bonds is 5. The van der Waals surface area contributed by atoms with Gasteiger partial charge in [-0.05, 0) is 18.6 Å². The Hall–Kier alpha value is -2.15. The van der Waals surface area contributed by atoms with E-state index in [0.29, 0.717) is 11.4 Å². The van der Waals surface area contributed by atoms with Gasteiger partial charge in [-0.15, -0.1) is 0 Å². The smallest absolute Gasteiger partial charge is 0.252 e. The molecule has 1 aromatic heterocycles. The number of anilines is 1. The van der Waals surface area contributed by atoms with Crippen LogP contribution in [0.4, 0.5) is 5.82 Å². The van der Waals surface area contributed by atoms with Crippen LogP contribution in [0.2, 0.25) is 0 Å². The van der Waals surface area contributed by atoms with Crippen LogP contribution in [0.15, 0.2) is 23.5 Å². The van der Waals surface area contributed by atoms with E-state index in [9.17, 15) is 4.79 Å². The SMILES string of the molecule is CCC1=NO[C@H](CN2CCN(c3ncccc3C(N)=O)CC2)C1. The van der Waals surface area contributed by atoms with E-state index >= 15 is 0 Å². The first-order valence-corrected chi connectivity index (χ1v) is 8.11. The molecule has 0 aromatic carbocycles. The molecule has 1 fully saturated rings. The highest BCUT2D eigenvalue weighted by atomic mass is 16.6. The van der Waals surface area contributed by atoms with E-state index < -0.39 is 5.91 Å². The molecule has 1 amide bonds. The van der Waals surface area contributed by atoms with Gasteiger partial charge in [-0.1, -0.05) is 12.1 Å². The summed E-state index contributed by atoms with van der Waals surface area (Å²) in [7, 11) is 0. The fourth-order valence-corrected chi connectivity index (χ4v) is 3.06. The molecular weight excluding hydrogens is 294 g/mol. The summed E-state index contributed by atoms with van der Waals surface area (Å²) in [6.07, 6.45) is 3.76. The second-order valence-electron chi connectivity index (χ2n) is 5.97. The van der Waals surface area contributed by atoms with E-state index in [1.54, 1.807) is 18.3 Å². The van der Waals surface area contributed by atoms with E-state index in [2.05, 4.69) is 26.9 Å². The van der Waals surface area contributed by atoms with Gasteiger partial charge in [-0.25, -0.2) is 4.98 Å². The lowest BCUT2D eigenvalue weighted by atomic mass is 10.1. The number of pyridine rings is 1. The molecule has 3 rings (SSSR count). The van der Waals surface area contributed by atoms with E-state index in [4.69, 9.17) is 10.6 Å². The van der Waals surface area contributed by atoms with Crippen molar-refractivity contribution in [1.29, 1.82) is 0 Å². The average Bonchev–Trinajstić information content (AvgIpc) is 3.03. The Bertz CT molecular complexity index is 596. The summed E-state index contributed by atoms with van der Waals surface area (Å²) < 4.78 is 0. The molecule has 0 unspecified atom stereocenters. The molecule has 7 nitrogen and oxygen atoms in total. The quantitative estimate of drug-likeness (QED) is 0.870. The predicted octanol–water partition coefficient (Wildman–Crippen LogP) is 0.857. The molecule has 0 aliphatic carbocycles. The molecule has 7 heteroatoms. The third-order valence-corrected chi connectivity index (χ3v) is 4.39. The van der Waals surface area contributed by atoms with E-state index in [-0.39, 0.29) is 6.10 Å². The van der Waals surface area contributed by atoms with Crippen LogP contribution in [0.3, 0.4) is 0 Å². The van der Waals surface area contributed by atoms with E-state index in [1.807, 2.05) is 0 Å². The largest absolute Gasteiger partial charge is 0.391 e. The molecule has 2 N–H and O–H groups in total. The number of aromatic nitrogens is 1. The topological polar surface area (TPSA) is 84.1 Å². The molecule has 1 saturated heterocycles. The highest BCUT2D eigenvalue weighted by Gasteiger charge is 2.26. The van der Waals surface area contributed by atoms with Crippen LogP contribution in [0.5, 0.6) is 0 Å². The molecule has 2 aliphatic heterocycles. The van der Waals surface area contributed by atoms with Gasteiger partial charge in [0.05, 0.1) is 11.3 Å². The molecule has 0 radical (unpaired) electrons. The van der Waals surface area contributed by atoms with Crippen LogP contribution in [-0.4, -0.2) is 60.3 Å². The Balaban J connectivity index is 1.54. The van der Waals surface area contributed by atoms with Crippen molar-refractivity contribution in [3.05, 3.63) is 23.9 Å². The minimum atomic E-state index is -0.431. The molecule has 1 aromatic rings. The Morgan fingerprint density at radius 1 is 1.39 bits per heavy atom. The molecular formula is C16H23N5O2. The fraction of sp³-hybridized carbons (Fsp3) is 0.562. The minimum Gasteiger partial charge on any atom is -0.391 e. The third kappa shape index (κ3) is 3.61. The monoisotopic (exact) mass is 317 g/mol. The van der Waals surface area contributed by atoms with Gasteiger partial charge in [0, 0.05) is 45.3 Å². The van der Waals surface area contributed by atoms with Gasteiger partial charge < -0.3 is 15.5 Å². The number of piperazine rings is 1. The molecule has 0 spiro atoms. The van der Waals surface area contributed by atoms with Gasteiger partial charge >= 0.3 is 0 Å². The van der Waals surface area contributed by atoms with Gasteiger partial charge in [0.25, 0.3) is 5.91 Å². The first-order valence-electron chi connectivity index (χ1n) is 8.11. The van der Waals surface area contributed by atoms with Crippen molar-refractivity contribution in [3.8, 4) is 0 Å². The van der Waals surface area contributed by atoms with Gasteiger partial charge in [0.2, 0.25) is 0 Å². The number of oxime groups is 1. The van der Waals surface area contributed by atoms with Crippen LogP contribution in [0.25, 0.3) is 0 Å². The van der Waals surface area contributed by atoms with Crippen LogP contribution < -0.4 is 10.6 Å². The molecule has 0 saturated carbocycles. The van der Waals surface area contributed by atoms with Crippen molar-refractivity contribution >= 4 is 17.4 Å². The maximum Gasteiger partial charge on any atom is 0.252 e. The lowest BCUT2D eigenvalue weighted by Gasteiger charge is -2.36. The highest BCUT2D eigenvalue weighted by Crippen LogP contribution is 2.20. The van der Waals surface area contributed by atoms with Gasteiger partial charge in [0.15, 0.2) is 0 Å². The van der Waals surface area contributed by atoms with Crippen LogP contribution >= 0.6 is 0 Å². The zero-order valence-corrected chi connectivity index (χ0v) is 13.4. The van der Waals surface area contributed by atoms with Crippen LogP contribution in [-0.2, 0) is 4.84 Å². The number of primary amides is 1. The summed E-state index contributed by atoms with van der Waals surface area (Å²) in [5.41, 5.74) is 7.07. The fourth-order valence-electron chi connectivity index (χ4n) is 3.06. The summed E-state index contributed by atoms with van der Waals surface area (Å²) in [6, 6.07) is 3.47. The average molecular weight is 317 g/mol. The second kappa shape index (κ2) is 6.95. The zero-order chi connectivity index (χ0) is 16.2. The Labute approximate surface area is 136 Å². The van der Waals surface area contributed by atoms with Crippen LogP contribution in [0, 0.1) is 0 Å². The lowest BCUT2D eigenvalue weighted by molar-refractivity contribution is 0.0510. The van der Waals surface area contributed by atoms with Crippen molar-refractivity contribution < 1.29 is 9.63 Å². The summed E-state index contributed by atoms with van der Waals surface area (Å²) >= 11 is 0. The molecule has 1 atom stereocenters. The van der Waals surface area contributed by atoms with Crippen molar-refractivity contribution in [2.75, 3.05) is 37.6 Å². The normalized spacial score (nSPS) is 21.9. The number of nitrogens with zero attached hydrogens (tertiary/aromatic N) is 4. The van der Waals surface area contributed by atoms with Crippen molar-refractivity contribution in [2.24, 2.45) is 10.9 Å². The second-order valence-corrected chi connectivity index (χ2v) is 5.97. The predicted molar refractivity (Wildman–Crippen MR) is 88.6 cm³/mol. The number of carbonyl (C=O) groups is 1. The van der Waals surface area contributed by atoms with E-state index in [0.717, 1.165) is 51.3 Å². The summed E-state index contributed by atoms with van der Waals surface area (Å²) in [6.45, 7) is 6.47. The Morgan fingerprint density at radius 2 is 2.17 bits per heavy atom. The first kappa shape index (κ1) is 15.7.